The molecule has 46 heavy (non-hydrogen) atoms. The standard InChI is InChI=1S/C35H52O11/c1-19(36)43-27-17-25-26(40)16-24-23(32(25,7)18-28(27)44-20(2)37)10-13-33(8)29(11-15-35(24,33)42)34(9,41)14-12-30(45-21(3)38)31(5,6)46-22(4)39/h16,23,25,27-30,41-42H,10-15,17-18H2,1-9H3/t23-,25-,27+,28-,29-,30?,32+,33+,34-,35+/m0/s1. The maximum absolute atomic E-state index is 13.8. The number of esters is 4. The van der Waals surface area contributed by atoms with Gasteiger partial charge in [0.25, 0.3) is 0 Å². The lowest BCUT2D eigenvalue weighted by molar-refractivity contribution is -0.188. The number of carbonyl (C=O) groups is 5. The Morgan fingerprint density at radius 3 is 2.09 bits per heavy atom. The Kier molecular flexibility index (Phi) is 9.67. The van der Waals surface area contributed by atoms with Gasteiger partial charge >= 0.3 is 23.9 Å². The van der Waals surface area contributed by atoms with Gasteiger partial charge in [-0.15, -0.1) is 0 Å². The van der Waals surface area contributed by atoms with E-state index in [1.807, 2.05) is 13.8 Å². The summed E-state index contributed by atoms with van der Waals surface area (Å²) >= 11 is 0. The molecule has 1 unspecified atom stereocenters. The molecule has 2 N–H and O–H groups in total. The highest BCUT2D eigenvalue weighted by atomic mass is 16.6. The molecule has 0 aromatic carbocycles. The van der Waals surface area contributed by atoms with E-state index >= 15 is 0 Å². The van der Waals surface area contributed by atoms with Gasteiger partial charge in [-0.2, -0.15) is 0 Å². The van der Waals surface area contributed by atoms with Crippen LogP contribution >= 0.6 is 0 Å². The first-order valence-corrected chi connectivity index (χ1v) is 16.5. The van der Waals surface area contributed by atoms with E-state index in [4.69, 9.17) is 18.9 Å². The Bertz CT molecular complexity index is 1300. The summed E-state index contributed by atoms with van der Waals surface area (Å²) < 4.78 is 22.2. The first-order valence-electron chi connectivity index (χ1n) is 16.5. The normalized spacial score (nSPS) is 37.3. The monoisotopic (exact) mass is 648 g/mol. The molecule has 0 radical (unpaired) electrons. The molecule has 0 heterocycles. The van der Waals surface area contributed by atoms with E-state index in [0.717, 1.165) is 0 Å². The molecule has 0 aromatic heterocycles. The molecule has 258 valence electrons. The highest BCUT2D eigenvalue weighted by Gasteiger charge is 2.68. The third-order valence-electron chi connectivity index (χ3n) is 11.9. The van der Waals surface area contributed by atoms with Crippen LogP contribution in [0, 0.1) is 28.6 Å². The Morgan fingerprint density at radius 2 is 1.52 bits per heavy atom. The topological polar surface area (TPSA) is 163 Å². The number of hydrogen-bond acceptors (Lipinski definition) is 11. The second-order valence-corrected chi connectivity index (χ2v) is 15.4. The van der Waals surface area contributed by atoms with Gasteiger partial charge in [0.15, 0.2) is 5.78 Å². The van der Waals surface area contributed by atoms with Crippen LogP contribution in [-0.2, 0) is 42.9 Å². The van der Waals surface area contributed by atoms with Crippen LogP contribution in [0.4, 0.5) is 0 Å². The van der Waals surface area contributed by atoms with Crippen LogP contribution in [-0.4, -0.2) is 75.0 Å². The number of aliphatic hydroxyl groups is 2. The maximum atomic E-state index is 13.8. The van der Waals surface area contributed by atoms with Crippen molar-refractivity contribution < 1.29 is 53.1 Å². The van der Waals surface area contributed by atoms with Crippen LogP contribution in [0.25, 0.3) is 0 Å². The van der Waals surface area contributed by atoms with Gasteiger partial charge in [-0.25, -0.2) is 0 Å². The summed E-state index contributed by atoms with van der Waals surface area (Å²) in [6.45, 7) is 14.2. The average Bonchev–Trinajstić information content (AvgIpc) is 3.18. The fraction of sp³-hybridized carbons (Fsp3) is 0.800. The molecule has 0 spiro atoms. The molecule has 0 saturated heterocycles. The van der Waals surface area contributed by atoms with Crippen molar-refractivity contribution in [1.29, 1.82) is 0 Å². The van der Waals surface area contributed by atoms with Gasteiger partial charge in [0, 0.05) is 39.0 Å². The molecule has 3 fully saturated rings. The molecule has 11 heteroatoms. The minimum atomic E-state index is -1.36. The van der Waals surface area contributed by atoms with E-state index in [-0.39, 0.29) is 36.9 Å². The van der Waals surface area contributed by atoms with E-state index in [2.05, 4.69) is 0 Å². The van der Waals surface area contributed by atoms with Crippen LogP contribution in [0.5, 0.6) is 0 Å². The number of ketones is 1. The minimum Gasteiger partial charge on any atom is -0.459 e. The zero-order valence-electron chi connectivity index (χ0n) is 28.8. The fourth-order valence-electron chi connectivity index (χ4n) is 9.78. The lowest BCUT2D eigenvalue weighted by Gasteiger charge is -2.60. The average molecular weight is 649 g/mol. The predicted molar refractivity (Wildman–Crippen MR) is 165 cm³/mol. The van der Waals surface area contributed by atoms with Crippen molar-refractivity contribution in [2.24, 2.45) is 28.6 Å². The Hall–Kier alpha value is -2.79. The van der Waals surface area contributed by atoms with Crippen molar-refractivity contribution in [2.45, 2.75) is 149 Å². The Labute approximate surface area is 271 Å². The summed E-state index contributed by atoms with van der Waals surface area (Å²) in [5, 5.41) is 24.6. The summed E-state index contributed by atoms with van der Waals surface area (Å²) in [7, 11) is 0. The molecule has 4 rings (SSSR count). The highest BCUT2D eigenvalue weighted by Crippen LogP contribution is 2.68. The summed E-state index contributed by atoms with van der Waals surface area (Å²) in [4.78, 5) is 61.4. The summed E-state index contributed by atoms with van der Waals surface area (Å²) in [6, 6.07) is 0. The lowest BCUT2D eigenvalue weighted by Crippen LogP contribution is -2.62. The molecule has 0 bridgehead atoms. The SMILES string of the molecule is CC(=O)OC(CC[C@](C)(O)[C@H]1CC[C@@]2(O)C3=CC(=O)[C@@H]4C[C@@H](OC(C)=O)[C@@H](OC(C)=O)C[C@]4(C)[C@H]3CC[C@]12C)C(C)(C)OC(C)=O. The van der Waals surface area contributed by atoms with Gasteiger partial charge in [0.1, 0.15) is 23.9 Å². The van der Waals surface area contributed by atoms with Crippen molar-refractivity contribution in [3.05, 3.63) is 11.6 Å². The Morgan fingerprint density at radius 1 is 0.913 bits per heavy atom. The second kappa shape index (κ2) is 12.3. The van der Waals surface area contributed by atoms with E-state index in [0.29, 0.717) is 37.7 Å². The molecule has 11 nitrogen and oxygen atoms in total. The van der Waals surface area contributed by atoms with Gasteiger partial charge in [-0.05, 0) is 101 Å². The van der Waals surface area contributed by atoms with E-state index in [1.165, 1.54) is 27.7 Å². The number of allylic oxidation sites excluding steroid dienone is 1. The van der Waals surface area contributed by atoms with Crippen molar-refractivity contribution in [3.8, 4) is 0 Å². The van der Waals surface area contributed by atoms with Crippen molar-refractivity contribution >= 4 is 29.7 Å². The summed E-state index contributed by atoms with van der Waals surface area (Å²) in [5.74, 6) is -3.17. The van der Waals surface area contributed by atoms with Crippen LogP contribution in [0.3, 0.4) is 0 Å². The molecule has 4 aliphatic rings. The molecule has 0 amide bonds. The smallest absolute Gasteiger partial charge is 0.303 e. The zero-order chi connectivity index (χ0) is 34.6. The van der Waals surface area contributed by atoms with E-state index in [9.17, 15) is 34.2 Å². The minimum absolute atomic E-state index is 0.142. The second-order valence-electron chi connectivity index (χ2n) is 15.4. The number of ether oxygens (including phenoxy) is 4. The van der Waals surface area contributed by atoms with E-state index in [1.54, 1.807) is 26.8 Å². The lowest BCUT2D eigenvalue weighted by atomic mass is 9.45. The van der Waals surface area contributed by atoms with Crippen molar-refractivity contribution in [1.82, 2.24) is 0 Å². The van der Waals surface area contributed by atoms with Crippen molar-refractivity contribution in [2.75, 3.05) is 0 Å². The van der Waals surface area contributed by atoms with Crippen LogP contribution in [0.15, 0.2) is 11.6 Å². The molecule has 0 aliphatic heterocycles. The fourth-order valence-corrected chi connectivity index (χ4v) is 9.78. The van der Waals surface area contributed by atoms with E-state index < -0.39 is 75.7 Å². The number of hydrogen-bond donors (Lipinski definition) is 2. The van der Waals surface area contributed by atoms with Gasteiger partial charge < -0.3 is 29.2 Å². The van der Waals surface area contributed by atoms with Crippen LogP contribution in [0.1, 0.15) is 114 Å². The first kappa shape index (κ1) is 36.1. The van der Waals surface area contributed by atoms with Gasteiger partial charge in [-0.3, -0.25) is 24.0 Å². The third kappa shape index (κ3) is 6.38. The zero-order valence-corrected chi connectivity index (χ0v) is 28.8. The maximum Gasteiger partial charge on any atom is 0.303 e. The summed E-state index contributed by atoms with van der Waals surface area (Å²) in [6.07, 6.45) is 2.44. The number of rotatable bonds is 9. The largest absolute Gasteiger partial charge is 0.459 e. The number of carbonyl (C=O) groups excluding carboxylic acids is 5. The quantitative estimate of drug-likeness (QED) is 0.273. The summed E-state index contributed by atoms with van der Waals surface area (Å²) in [5.41, 5.74) is -4.51. The van der Waals surface area contributed by atoms with Gasteiger partial charge in [-0.1, -0.05) is 13.8 Å². The third-order valence-corrected chi connectivity index (χ3v) is 11.9. The first-order chi connectivity index (χ1) is 21.1. The van der Waals surface area contributed by atoms with Crippen LogP contribution in [0.2, 0.25) is 0 Å². The molecule has 0 aromatic rings. The highest BCUT2D eigenvalue weighted by molar-refractivity contribution is 5.95. The molecular weight excluding hydrogens is 596 g/mol. The van der Waals surface area contributed by atoms with Crippen LogP contribution < -0.4 is 0 Å². The molecule has 10 atom stereocenters. The molecule has 4 aliphatic carbocycles. The van der Waals surface area contributed by atoms with Gasteiger partial charge in [0.2, 0.25) is 0 Å². The molecule has 3 saturated carbocycles. The van der Waals surface area contributed by atoms with Gasteiger partial charge in [0.05, 0.1) is 11.2 Å². The number of fused-ring (bicyclic) bond motifs is 5. The molecular formula is C35H52O11. The van der Waals surface area contributed by atoms with Crippen molar-refractivity contribution in [3.63, 3.8) is 0 Å². The Balaban J connectivity index is 1.62. The predicted octanol–water partition coefficient (Wildman–Crippen LogP) is 4.14.